The normalized spacial score (nSPS) is 16.7. The molecule has 30 heavy (non-hydrogen) atoms. The highest BCUT2D eigenvalue weighted by atomic mass is 32.2. The molecule has 1 amide bonds. The molecule has 12 nitrogen and oxygen atoms in total. The van der Waals surface area contributed by atoms with Crippen molar-refractivity contribution in [3.05, 3.63) is 54.1 Å². The minimum atomic E-state index is -4.44. The number of hydrazone groups is 1. The maximum Gasteiger partial charge on any atom is 0.355 e. The molecule has 1 aliphatic heterocycles. The number of azo groups is 1. The van der Waals surface area contributed by atoms with Crippen LogP contribution < -0.4 is 5.01 Å². The minimum Gasteiger partial charge on any atom is -0.478 e. The van der Waals surface area contributed by atoms with Crippen molar-refractivity contribution in [2.75, 3.05) is 5.01 Å². The third kappa shape index (κ3) is 4.21. The Kier molecular flexibility index (Phi) is 5.40. The maximum absolute atomic E-state index is 12.6. The average Bonchev–Trinajstić information content (AvgIpc) is 3.02. The van der Waals surface area contributed by atoms with Gasteiger partial charge in [-0.3, -0.25) is 9.35 Å². The Labute approximate surface area is 168 Å². The molecule has 1 atom stereocenters. The van der Waals surface area contributed by atoms with E-state index in [1.807, 2.05) is 0 Å². The van der Waals surface area contributed by atoms with Gasteiger partial charge in [0, 0.05) is 0 Å². The molecule has 1 heterocycles. The average molecular weight is 432 g/mol. The minimum absolute atomic E-state index is 0.0122. The molecule has 2 aromatic rings. The smallest absolute Gasteiger partial charge is 0.355 e. The second-order valence-electron chi connectivity index (χ2n) is 5.88. The Balaban J connectivity index is 1.87. The van der Waals surface area contributed by atoms with Gasteiger partial charge in [0.05, 0.1) is 21.8 Å². The number of anilines is 1. The Morgan fingerprint density at radius 1 is 0.967 bits per heavy atom. The van der Waals surface area contributed by atoms with Crippen LogP contribution in [0.5, 0.6) is 0 Å². The fraction of sp³-hybridized carbons (Fsp3) is 0.0588. The van der Waals surface area contributed by atoms with Crippen LogP contribution >= 0.6 is 0 Å². The zero-order valence-corrected chi connectivity index (χ0v) is 15.6. The molecule has 0 radical (unpaired) electrons. The molecule has 154 valence electrons. The van der Waals surface area contributed by atoms with E-state index in [4.69, 9.17) is 9.66 Å². The lowest BCUT2D eigenvalue weighted by Crippen LogP contribution is -2.33. The Morgan fingerprint density at radius 2 is 1.57 bits per heavy atom. The van der Waals surface area contributed by atoms with Crippen LogP contribution in [0.3, 0.4) is 0 Å². The number of rotatable bonds is 6. The van der Waals surface area contributed by atoms with Gasteiger partial charge >= 0.3 is 11.9 Å². The van der Waals surface area contributed by atoms with E-state index in [1.54, 1.807) is 0 Å². The summed E-state index contributed by atoms with van der Waals surface area (Å²) in [6.07, 6.45) is 0. The zero-order valence-electron chi connectivity index (χ0n) is 14.8. The first-order valence-electron chi connectivity index (χ1n) is 8.05. The standard InChI is InChI=1S/C17H12N4O8S/c22-15-13(19-18-10-3-1-9(2-4-10)16(23)24)14(17(25)26)20-21(15)11-5-7-12(8-6-11)30(27,28)29/h1-8,13H,(H,23,24)(H,25,26)(H,27,28,29)/t13-/m1/s1. The number of carboxylic acid groups (broad SMARTS) is 2. The molecule has 0 unspecified atom stereocenters. The highest BCUT2D eigenvalue weighted by molar-refractivity contribution is 7.85. The lowest BCUT2D eigenvalue weighted by molar-refractivity contribution is -0.130. The molecule has 0 aromatic heterocycles. The summed E-state index contributed by atoms with van der Waals surface area (Å²) in [6.45, 7) is 0. The van der Waals surface area contributed by atoms with E-state index < -0.39 is 44.6 Å². The van der Waals surface area contributed by atoms with E-state index in [2.05, 4.69) is 15.3 Å². The molecule has 3 N–H and O–H groups in total. The van der Waals surface area contributed by atoms with Crippen LogP contribution in [-0.2, 0) is 19.7 Å². The molecule has 0 saturated carbocycles. The number of hydrogen-bond acceptors (Lipinski definition) is 8. The monoisotopic (exact) mass is 432 g/mol. The van der Waals surface area contributed by atoms with Crippen LogP contribution in [0.1, 0.15) is 10.4 Å². The Bertz CT molecular complexity index is 1190. The maximum atomic E-state index is 12.6. The molecule has 0 saturated heterocycles. The van der Waals surface area contributed by atoms with Gasteiger partial charge in [0.25, 0.3) is 16.0 Å². The Morgan fingerprint density at radius 3 is 2.07 bits per heavy atom. The lowest BCUT2D eigenvalue weighted by Gasteiger charge is -2.12. The third-order valence-corrected chi connectivity index (χ3v) is 4.78. The van der Waals surface area contributed by atoms with Gasteiger partial charge in [-0.2, -0.15) is 28.8 Å². The van der Waals surface area contributed by atoms with E-state index >= 15 is 0 Å². The Hall–Kier alpha value is -3.97. The van der Waals surface area contributed by atoms with Crippen molar-refractivity contribution in [3.63, 3.8) is 0 Å². The third-order valence-electron chi connectivity index (χ3n) is 3.91. The lowest BCUT2D eigenvalue weighted by atomic mass is 10.2. The summed E-state index contributed by atoms with van der Waals surface area (Å²) in [4.78, 5) is 34.5. The van der Waals surface area contributed by atoms with E-state index in [9.17, 15) is 27.9 Å². The number of carbonyl (C=O) groups excluding carboxylic acids is 1. The van der Waals surface area contributed by atoms with Crippen LogP contribution in [0.4, 0.5) is 11.4 Å². The van der Waals surface area contributed by atoms with Crippen molar-refractivity contribution >= 4 is 45.1 Å². The zero-order chi connectivity index (χ0) is 22.1. The molecule has 13 heteroatoms. The molecule has 0 fully saturated rings. The number of carboxylic acids is 2. The van der Waals surface area contributed by atoms with Crippen LogP contribution in [0, 0.1) is 0 Å². The highest BCUT2D eigenvalue weighted by Crippen LogP contribution is 2.25. The fourth-order valence-corrected chi connectivity index (χ4v) is 2.93. The van der Waals surface area contributed by atoms with Crippen molar-refractivity contribution in [2.45, 2.75) is 10.9 Å². The van der Waals surface area contributed by atoms with E-state index in [0.29, 0.717) is 0 Å². The van der Waals surface area contributed by atoms with Crippen LogP contribution in [0.15, 0.2) is 68.8 Å². The largest absolute Gasteiger partial charge is 0.478 e. The first-order chi connectivity index (χ1) is 14.1. The van der Waals surface area contributed by atoms with Crippen molar-refractivity contribution in [1.29, 1.82) is 0 Å². The number of benzene rings is 2. The summed E-state index contributed by atoms with van der Waals surface area (Å²) < 4.78 is 31.2. The summed E-state index contributed by atoms with van der Waals surface area (Å²) in [7, 11) is -4.44. The summed E-state index contributed by atoms with van der Waals surface area (Å²) in [6, 6.07) is 7.99. The highest BCUT2D eigenvalue weighted by Gasteiger charge is 2.41. The van der Waals surface area contributed by atoms with Crippen molar-refractivity contribution in [2.24, 2.45) is 15.3 Å². The van der Waals surface area contributed by atoms with Gasteiger partial charge in [0.1, 0.15) is 0 Å². The predicted molar refractivity (Wildman–Crippen MR) is 101 cm³/mol. The van der Waals surface area contributed by atoms with Gasteiger partial charge in [-0.05, 0) is 48.5 Å². The molecule has 3 rings (SSSR count). The molecular weight excluding hydrogens is 420 g/mol. The molecule has 1 aliphatic rings. The topological polar surface area (TPSA) is 186 Å². The number of aliphatic carboxylic acids is 1. The summed E-state index contributed by atoms with van der Waals surface area (Å²) in [5, 5.41) is 30.1. The second-order valence-corrected chi connectivity index (χ2v) is 7.30. The van der Waals surface area contributed by atoms with E-state index in [-0.39, 0.29) is 16.9 Å². The van der Waals surface area contributed by atoms with Crippen molar-refractivity contribution in [1.82, 2.24) is 0 Å². The van der Waals surface area contributed by atoms with Crippen molar-refractivity contribution < 1.29 is 37.6 Å². The number of aromatic carboxylic acids is 1. The summed E-state index contributed by atoms with van der Waals surface area (Å²) >= 11 is 0. The number of hydrogen-bond donors (Lipinski definition) is 3. The number of amides is 1. The fourth-order valence-electron chi connectivity index (χ4n) is 2.45. The second kappa shape index (κ2) is 7.81. The van der Waals surface area contributed by atoms with Crippen LogP contribution in [0.2, 0.25) is 0 Å². The molecular formula is C17H12N4O8S. The predicted octanol–water partition coefficient (Wildman–Crippen LogP) is 1.57. The molecule has 0 bridgehead atoms. The van der Waals surface area contributed by atoms with Gasteiger partial charge in [-0.1, -0.05) is 0 Å². The number of carbonyl (C=O) groups is 3. The molecule has 0 spiro atoms. The van der Waals surface area contributed by atoms with E-state index in [1.165, 1.54) is 24.3 Å². The summed E-state index contributed by atoms with van der Waals surface area (Å²) in [5.74, 6) is -3.50. The van der Waals surface area contributed by atoms with Crippen molar-refractivity contribution in [3.8, 4) is 0 Å². The molecule has 0 aliphatic carbocycles. The first kappa shape index (κ1) is 20.8. The van der Waals surface area contributed by atoms with E-state index in [0.717, 1.165) is 29.3 Å². The number of nitrogens with zero attached hydrogens (tertiary/aromatic N) is 4. The van der Waals surface area contributed by atoms with Crippen LogP contribution in [-0.4, -0.2) is 52.8 Å². The van der Waals surface area contributed by atoms with Gasteiger partial charge < -0.3 is 10.2 Å². The summed E-state index contributed by atoms with van der Waals surface area (Å²) in [5.41, 5.74) is -0.355. The van der Waals surface area contributed by atoms with Gasteiger partial charge in [0.15, 0.2) is 5.71 Å². The van der Waals surface area contributed by atoms with Gasteiger partial charge in [-0.25, -0.2) is 9.59 Å². The van der Waals surface area contributed by atoms with Gasteiger partial charge in [-0.15, -0.1) is 0 Å². The van der Waals surface area contributed by atoms with Crippen LogP contribution in [0.25, 0.3) is 0 Å². The van der Waals surface area contributed by atoms with Gasteiger partial charge in [0.2, 0.25) is 6.04 Å². The molecule has 2 aromatic carbocycles. The first-order valence-corrected chi connectivity index (χ1v) is 9.49. The quantitative estimate of drug-likeness (QED) is 0.453. The SMILES string of the molecule is O=C(O)C1=NN(c2ccc(S(=O)(=O)O)cc2)C(=O)[C@@H]1N=Nc1ccc(C(=O)O)cc1.